The molecular weight excluding hydrogens is 198 g/mol. The second-order valence-electron chi connectivity index (χ2n) is 3.02. The Kier molecular flexibility index (Phi) is 2.98. The maximum absolute atomic E-state index is 4.91. The van der Waals surface area contributed by atoms with Crippen molar-refractivity contribution in [3.63, 3.8) is 0 Å². The highest BCUT2D eigenvalue weighted by molar-refractivity contribution is 8.01. The second-order valence-corrected chi connectivity index (χ2v) is 4.47. The van der Waals surface area contributed by atoms with Gasteiger partial charge in [-0.1, -0.05) is 42.5 Å². The minimum absolute atomic E-state index is 0.347. The summed E-state index contributed by atoms with van der Waals surface area (Å²) in [6, 6.07) is 11.0. The number of thiocarbonyl (C=S) groups is 1. The minimum atomic E-state index is 0.347. The summed E-state index contributed by atoms with van der Waals surface area (Å²) in [7, 11) is 0. The average Bonchev–Trinajstić information content (AvgIpc) is 2.67. The van der Waals surface area contributed by atoms with Gasteiger partial charge in [0.15, 0.2) is 0 Å². The molecule has 1 unspecified atom stereocenters. The highest BCUT2D eigenvalue weighted by Crippen LogP contribution is 2.27. The Morgan fingerprint density at radius 3 is 2.77 bits per heavy atom. The molecule has 3 heteroatoms. The maximum Gasteiger partial charge on any atom is 0.0828 e. The van der Waals surface area contributed by atoms with Crippen LogP contribution >= 0.6 is 24.0 Å². The number of thioether (sulfide) groups is 1. The van der Waals surface area contributed by atoms with Gasteiger partial charge < -0.3 is 0 Å². The van der Waals surface area contributed by atoms with E-state index in [2.05, 4.69) is 29.6 Å². The first kappa shape index (κ1) is 9.19. The molecule has 2 atom stereocenters. The van der Waals surface area contributed by atoms with Gasteiger partial charge >= 0.3 is 0 Å². The molecule has 0 amide bonds. The van der Waals surface area contributed by atoms with Crippen molar-refractivity contribution in [2.45, 2.75) is 11.4 Å². The molecule has 1 saturated heterocycles. The molecule has 0 spiro atoms. The van der Waals surface area contributed by atoms with Crippen LogP contribution < -0.4 is 5.32 Å². The number of rotatable bonds is 2. The fourth-order valence-corrected chi connectivity index (χ4v) is 2.79. The molecule has 1 aromatic rings. The Labute approximate surface area is 87.9 Å². The van der Waals surface area contributed by atoms with Crippen molar-refractivity contribution in [1.29, 1.82) is 0 Å². The van der Waals surface area contributed by atoms with Crippen LogP contribution in [-0.4, -0.2) is 16.5 Å². The van der Waals surface area contributed by atoms with E-state index in [1.807, 2.05) is 17.8 Å². The second kappa shape index (κ2) is 4.22. The summed E-state index contributed by atoms with van der Waals surface area (Å²) in [6.45, 7) is 0. The van der Waals surface area contributed by atoms with Crippen LogP contribution in [0, 0.1) is 0 Å². The highest BCUT2D eigenvalue weighted by atomic mass is 32.2. The van der Waals surface area contributed by atoms with Gasteiger partial charge in [-0.3, -0.25) is 5.32 Å². The smallest absolute Gasteiger partial charge is 0.0828 e. The fourth-order valence-electron chi connectivity index (χ4n) is 1.45. The predicted octanol–water partition coefficient (Wildman–Crippen LogP) is 2.39. The van der Waals surface area contributed by atoms with Gasteiger partial charge in [0.2, 0.25) is 0 Å². The Morgan fingerprint density at radius 1 is 1.38 bits per heavy atom. The Morgan fingerprint density at radius 2 is 2.15 bits per heavy atom. The molecule has 1 aliphatic heterocycles. The van der Waals surface area contributed by atoms with Crippen LogP contribution in [0.1, 0.15) is 11.6 Å². The molecule has 1 aliphatic rings. The third kappa shape index (κ3) is 2.10. The van der Waals surface area contributed by atoms with Crippen molar-refractivity contribution >= 4 is 29.3 Å². The number of hydrogen-bond acceptors (Lipinski definition) is 3. The first-order valence-corrected chi connectivity index (χ1v) is 5.80. The van der Waals surface area contributed by atoms with E-state index in [-0.39, 0.29) is 0 Å². The van der Waals surface area contributed by atoms with Crippen LogP contribution in [0.4, 0.5) is 0 Å². The highest BCUT2D eigenvalue weighted by Gasteiger charge is 2.23. The van der Waals surface area contributed by atoms with Gasteiger partial charge in [-0.05, 0) is 5.56 Å². The van der Waals surface area contributed by atoms with E-state index >= 15 is 0 Å². The zero-order valence-corrected chi connectivity index (χ0v) is 8.78. The number of benzene rings is 1. The molecule has 0 aromatic heterocycles. The lowest BCUT2D eigenvalue weighted by Gasteiger charge is -2.10. The van der Waals surface area contributed by atoms with E-state index in [4.69, 9.17) is 12.2 Å². The summed E-state index contributed by atoms with van der Waals surface area (Å²) in [6.07, 6.45) is 0. The maximum atomic E-state index is 4.91. The third-order valence-electron chi connectivity index (χ3n) is 2.13. The zero-order valence-electron chi connectivity index (χ0n) is 7.14. The predicted molar refractivity (Wildman–Crippen MR) is 62.2 cm³/mol. The lowest BCUT2D eigenvalue weighted by molar-refractivity contribution is 0.652. The lowest BCUT2D eigenvalue weighted by Crippen LogP contribution is -2.23. The molecule has 0 bridgehead atoms. The molecule has 1 N–H and O–H groups in total. The molecular formula is C10H11NS2. The van der Waals surface area contributed by atoms with Crippen molar-refractivity contribution in [2.24, 2.45) is 0 Å². The monoisotopic (exact) mass is 209 g/mol. The van der Waals surface area contributed by atoms with Crippen molar-refractivity contribution in [3.05, 3.63) is 35.9 Å². The van der Waals surface area contributed by atoms with Gasteiger partial charge in [0.25, 0.3) is 0 Å². The quantitative estimate of drug-likeness (QED) is 0.751. The van der Waals surface area contributed by atoms with Crippen LogP contribution in [-0.2, 0) is 0 Å². The molecule has 13 heavy (non-hydrogen) atoms. The van der Waals surface area contributed by atoms with Crippen LogP contribution in [0.2, 0.25) is 0 Å². The van der Waals surface area contributed by atoms with Gasteiger partial charge in [0.05, 0.1) is 5.37 Å². The lowest BCUT2D eigenvalue weighted by atomic mass is 10.1. The molecule has 0 aliphatic carbocycles. The Balaban J connectivity index is 2.08. The summed E-state index contributed by atoms with van der Waals surface area (Å²) in [5.41, 5.74) is 1.36. The van der Waals surface area contributed by atoms with Gasteiger partial charge in [0.1, 0.15) is 0 Å². The minimum Gasteiger partial charge on any atom is -0.294 e. The normalized spacial score (nSPS) is 27.4. The summed E-state index contributed by atoms with van der Waals surface area (Å²) >= 11 is 6.78. The Hall–Kier alpha value is -0.380. The first-order valence-electron chi connectivity index (χ1n) is 4.28. The molecule has 0 saturated carbocycles. The molecule has 0 radical (unpaired) electrons. The van der Waals surface area contributed by atoms with E-state index in [1.165, 1.54) is 5.56 Å². The molecule has 1 fully saturated rings. The average molecular weight is 209 g/mol. The van der Waals surface area contributed by atoms with Gasteiger partial charge in [-0.15, -0.1) is 11.8 Å². The molecule has 1 heterocycles. The molecule has 1 aromatic carbocycles. The number of nitrogens with one attached hydrogen (secondary N) is 1. The topological polar surface area (TPSA) is 12.0 Å². The van der Waals surface area contributed by atoms with Crippen molar-refractivity contribution in [1.82, 2.24) is 5.32 Å². The van der Waals surface area contributed by atoms with Crippen LogP contribution in [0.3, 0.4) is 0 Å². The Bertz CT molecular complexity index is 286. The summed E-state index contributed by atoms with van der Waals surface area (Å²) in [5, 5.41) is 5.61. The zero-order chi connectivity index (χ0) is 9.10. The van der Waals surface area contributed by atoms with E-state index < -0.39 is 0 Å². The first-order chi connectivity index (χ1) is 6.40. The van der Waals surface area contributed by atoms with E-state index in [1.54, 1.807) is 5.37 Å². The third-order valence-corrected chi connectivity index (χ3v) is 3.73. The van der Waals surface area contributed by atoms with E-state index in [0.29, 0.717) is 11.4 Å². The van der Waals surface area contributed by atoms with E-state index in [0.717, 1.165) is 5.75 Å². The summed E-state index contributed by atoms with van der Waals surface area (Å²) in [4.78, 5) is 0. The van der Waals surface area contributed by atoms with Crippen LogP contribution in [0.5, 0.6) is 0 Å². The standard InChI is InChI=1S/C10H11NS2/c12-6-10-11-9(7-13-10)8-4-2-1-3-5-8/h1-6,9-11H,7H2/t9-,10?/m0/s1. The van der Waals surface area contributed by atoms with Crippen molar-refractivity contribution in [2.75, 3.05) is 5.75 Å². The van der Waals surface area contributed by atoms with Crippen LogP contribution in [0.25, 0.3) is 0 Å². The molecule has 1 nitrogen and oxygen atoms in total. The summed E-state index contributed by atoms with van der Waals surface area (Å²) in [5.74, 6) is 1.11. The van der Waals surface area contributed by atoms with E-state index in [9.17, 15) is 0 Å². The van der Waals surface area contributed by atoms with Crippen LogP contribution in [0.15, 0.2) is 30.3 Å². The van der Waals surface area contributed by atoms with Crippen molar-refractivity contribution < 1.29 is 0 Å². The number of hydrogen-bond donors (Lipinski definition) is 1. The molecule has 2 rings (SSSR count). The largest absolute Gasteiger partial charge is 0.294 e. The van der Waals surface area contributed by atoms with Gasteiger partial charge in [-0.25, -0.2) is 0 Å². The van der Waals surface area contributed by atoms with Gasteiger partial charge in [0, 0.05) is 17.2 Å². The summed E-state index contributed by atoms with van der Waals surface area (Å²) < 4.78 is 0. The fraction of sp³-hybridized carbons (Fsp3) is 0.300. The SMILES string of the molecule is S=CC1N[C@H](c2ccccc2)CS1. The molecule has 68 valence electrons. The van der Waals surface area contributed by atoms with Gasteiger partial charge in [-0.2, -0.15) is 0 Å². The van der Waals surface area contributed by atoms with Crippen molar-refractivity contribution in [3.8, 4) is 0 Å².